The quantitative estimate of drug-likeness (QED) is 0.899. The number of carboxylic acids is 1. The third-order valence-electron chi connectivity index (χ3n) is 6.02. The van der Waals surface area contributed by atoms with Crippen LogP contribution >= 0.6 is 0 Å². The van der Waals surface area contributed by atoms with E-state index in [2.05, 4.69) is 18.5 Å². The Morgan fingerprint density at radius 1 is 1.30 bits per heavy atom. The zero-order valence-electron chi connectivity index (χ0n) is 15.2. The number of hydrogen-bond acceptors (Lipinski definition) is 4. The minimum Gasteiger partial charge on any atom is -0.477 e. The third kappa shape index (κ3) is 2.82. The predicted octanol–water partition coefficient (Wildman–Crippen LogP) is 2.61. The van der Waals surface area contributed by atoms with E-state index in [1.54, 1.807) is 6.07 Å². The van der Waals surface area contributed by atoms with Crippen molar-refractivity contribution in [2.45, 2.75) is 31.3 Å². The van der Waals surface area contributed by atoms with E-state index in [0.717, 1.165) is 32.0 Å². The van der Waals surface area contributed by atoms with Gasteiger partial charge in [0, 0.05) is 43.0 Å². The summed E-state index contributed by atoms with van der Waals surface area (Å²) in [6.07, 6.45) is 5.92. The van der Waals surface area contributed by atoms with Crippen molar-refractivity contribution in [3.8, 4) is 0 Å². The highest BCUT2D eigenvalue weighted by molar-refractivity contribution is 5.94. The number of aromatic nitrogens is 1. The van der Waals surface area contributed by atoms with E-state index in [1.807, 2.05) is 4.90 Å². The maximum Gasteiger partial charge on any atom is 0.341 e. The molecule has 2 fully saturated rings. The average Bonchev–Trinajstić information content (AvgIpc) is 2.88. The molecule has 1 N–H and O–H groups in total. The first-order valence-corrected chi connectivity index (χ1v) is 9.12. The number of benzene rings is 1. The summed E-state index contributed by atoms with van der Waals surface area (Å²) in [5.41, 5.74) is -0.181. The van der Waals surface area contributed by atoms with E-state index < -0.39 is 22.8 Å². The molecule has 0 amide bonds. The maximum absolute atomic E-state index is 14.9. The summed E-state index contributed by atoms with van der Waals surface area (Å²) in [5, 5.41) is 9.28. The second kappa shape index (κ2) is 6.49. The number of anilines is 1. The van der Waals surface area contributed by atoms with Gasteiger partial charge in [0.15, 0.2) is 0 Å². The van der Waals surface area contributed by atoms with Gasteiger partial charge in [-0.25, -0.2) is 9.18 Å². The summed E-state index contributed by atoms with van der Waals surface area (Å²) in [6.45, 7) is 5.17. The number of halogens is 1. The van der Waals surface area contributed by atoms with E-state index in [0.29, 0.717) is 23.3 Å². The van der Waals surface area contributed by atoms with Gasteiger partial charge in [-0.3, -0.25) is 9.69 Å². The molecule has 6 nitrogen and oxygen atoms in total. The molecule has 2 aliphatic rings. The zero-order valence-corrected chi connectivity index (χ0v) is 15.2. The second-order valence-electron chi connectivity index (χ2n) is 7.37. The molecule has 1 aromatic carbocycles. The van der Waals surface area contributed by atoms with Crippen molar-refractivity contribution in [3.63, 3.8) is 0 Å². The lowest BCUT2D eigenvalue weighted by atomic mass is 10.1. The Kier molecular flexibility index (Phi) is 4.26. The van der Waals surface area contributed by atoms with Crippen LogP contribution in [0.2, 0.25) is 0 Å². The number of fused-ring (bicyclic) bond motifs is 3. The first-order valence-electron chi connectivity index (χ1n) is 9.12. The molecule has 4 rings (SSSR count). The standard InChI is InChI=1S/C20H22FN3O3/c1-3-23-11-15(20(26)27)19(25)14-8-16(21)18(9-17(14)23)24-7-6-12-4-5-13(10-24)22(12)2/h3,8-9,11-13H,1,4-7,10H2,2H3,(H,26,27)/t12-,13+/m1/s1. The maximum atomic E-state index is 14.9. The van der Waals surface area contributed by atoms with E-state index in [9.17, 15) is 19.1 Å². The third-order valence-corrected chi connectivity index (χ3v) is 6.02. The largest absolute Gasteiger partial charge is 0.477 e. The van der Waals surface area contributed by atoms with Crippen LogP contribution in [0.5, 0.6) is 0 Å². The van der Waals surface area contributed by atoms with Gasteiger partial charge in [0.25, 0.3) is 0 Å². The van der Waals surface area contributed by atoms with Crippen molar-refractivity contribution in [3.05, 3.63) is 46.5 Å². The minimum atomic E-state index is -1.34. The highest BCUT2D eigenvalue weighted by Gasteiger charge is 2.35. The van der Waals surface area contributed by atoms with Gasteiger partial charge in [-0.2, -0.15) is 0 Å². The molecule has 142 valence electrons. The van der Waals surface area contributed by atoms with Crippen molar-refractivity contribution in [1.82, 2.24) is 9.47 Å². The number of nitrogens with zero attached hydrogens (tertiary/aromatic N) is 3. The Hall–Kier alpha value is -2.67. The van der Waals surface area contributed by atoms with Crippen molar-refractivity contribution < 1.29 is 14.3 Å². The van der Waals surface area contributed by atoms with Gasteiger partial charge in [-0.15, -0.1) is 0 Å². The molecular formula is C20H22FN3O3. The van der Waals surface area contributed by atoms with Gasteiger partial charge in [-0.05, 0) is 38.4 Å². The number of rotatable bonds is 3. The Bertz CT molecular complexity index is 1000. The zero-order chi connectivity index (χ0) is 19.3. The lowest BCUT2D eigenvalue weighted by Gasteiger charge is -2.28. The molecule has 2 aromatic rings. The Morgan fingerprint density at radius 3 is 2.74 bits per heavy atom. The van der Waals surface area contributed by atoms with Crippen LogP contribution in [0.1, 0.15) is 29.6 Å². The molecule has 0 saturated carbocycles. The number of carboxylic acid groups (broad SMARTS) is 1. The Labute approximate surface area is 156 Å². The number of hydrogen-bond donors (Lipinski definition) is 1. The molecular weight excluding hydrogens is 349 g/mol. The van der Waals surface area contributed by atoms with Gasteiger partial charge >= 0.3 is 5.97 Å². The van der Waals surface area contributed by atoms with Gasteiger partial charge in [-0.1, -0.05) is 6.58 Å². The molecule has 0 unspecified atom stereocenters. The van der Waals surface area contributed by atoms with Crippen LogP contribution in [-0.2, 0) is 0 Å². The molecule has 3 heterocycles. The fourth-order valence-electron chi connectivity index (χ4n) is 4.43. The Morgan fingerprint density at radius 2 is 2.04 bits per heavy atom. The lowest BCUT2D eigenvalue weighted by Crippen LogP contribution is -2.37. The number of likely N-dealkylation sites (N-methyl/N-ethyl adjacent to an activating group) is 1. The van der Waals surface area contributed by atoms with Gasteiger partial charge in [0.1, 0.15) is 11.4 Å². The Balaban J connectivity index is 1.84. The molecule has 1 aromatic heterocycles. The summed E-state index contributed by atoms with van der Waals surface area (Å²) < 4.78 is 16.4. The van der Waals surface area contributed by atoms with Crippen LogP contribution in [0.15, 0.2) is 29.7 Å². The van der Waals surface area contributed by atoms with Crippen molar-refractivity contribution in [2.24, 2.45) is 0 Å². The molecule has 2 aliphatic heterocycles. The fraction of sp³-hybridized carbons (Fsp3) is 0.400. The minimum absolute atomic E-state index is 0.0458. The van der Waals surface area contributed by atoms with Crippen LogP contribution < -0.4 is 10.3 Å². The van der Waals surface area contributed by atoms with E-state index in [-0.39, 0.29) is 5.39 Å². The second-order valence-corrected chi connectivity index (χ2v) is 7.37. The van der Waals surface area contributed by atoms with Crippen LogP contribution in [0.25, 0.3) is 17.1 Å². The van der Waals surface area contributed by atoms with Crippen molar-refractivity contribution >= 4 is 28.8 Å². The summed E-state index contributed by atoms with van der Waals surface area (Å²) >= 11 is 0. The number of pyridine rings is 1. The molecule has 2 atom stereocenters. The van der Waals surface area contributed by atoms with Crippen molar-refractivity contribution in [1.29, 1.82) is 0 Å². The fourth-order valence-corrected chi connectivity index (χ4v) is 4.43. The summed E-state index contributed by atoms with van der Waals surface area (Å²) in [4.78, 5) is 28.2. The summed E-state index contributed by atoms with van der Waals surface area (Å²) in [5.74, 6) is -1.84. The topological polar surface area (TPSA) is 65.8 Å². The molecule has 0 aliphatic carbocycles. The molecule has 27 heavy (non-hydrogen) atoms. The van der Waals surface area contributed by atoms with Gasteiger partial charge < -0.3 is 14.6 Å². The molecule has 0 radical (unpaired) electrons. The van der Waals surface area contributed by atoms with Crippen molar-refractivity contribution in [2.75, 3.05) is 25.0 Å². The average molecular weight is 371 g/mol. The van der Waals surface area contributed by atoms with E-state index in [4.69, 9.17) is 0 Å². The van der Waals surface area contributed by atoms with Gasteiger partial charge in [0.05, 0.1) is 11.2 Å². The van der Waals surface area contributed by atoms with Gasteiger partial charge in [0.2, 0.25) is 5.43 Å². The number of aromatic carboxylic acids is 1. The molecule has 7 heteroatoms. The first kappa shape index (κ1) is 17.7. The van der Waals surface area contributed by atoms with E-state index >= 15 is 0 Å². The lowest BCUT2D eigenvalue weighted by molar-refractivity contribution is 0.0695. The van der Waals surface area contributed by atoms with Crippen LogP contribution in [0, 0.1) is 5.82 Å². The smallest absolute Gasteiger partial charge is 0.341 e. The summed E-state index contributed by atoms with van der Waals surface area (Å²) in [6, 6.07) is 3.72. The normalized spacial score (nSPS) is 22.8. The molecule has 0 spiro atoms. The molecule has 2 bridgehead atoms. The highest BCUT2D eigenvalue weighted by Crippen LogP contribution is 2.33. The first-order chi connectivity index (χ1) is 12.9. The SMILES string of the molecule is C=Cn1cc(C(=O)O)c(=O)c2cc(F)c(N3CC[C@H]4CC[C@@H](C3)N4C)cc21. The monoisotopic (exact) mass is 371 g/mol. The summed E-state index contributed by atoms with van der Waals surface area (Å²) in [7, 11) is 2.13. The predicted molar refractivity (Wildman–Crippen MR) is 103 cm³/mol. The van der Waals surface area contributed by atoms with Crippen LogP contribution in [0.3, 0.4) is 0 Å². The van der Waals surface area contributed by atoms with Crippen LogP contribution in [0.4, 0.5) is 10.1 Å². The van der Waals surface area contributed by atoms with Crippen LogP contribution in [-0.4, -0.2) is 52.8 Å². The molecule has 2 saturated heterocycles. The highest BCUT2D eigenvalue weighted by atomic mass is 19.1. The number of carbonyl (C=O) groups is 1. The van der Waals surface area contributed by atoms with E-state index in [1.165, 1.54) is 23.4 Å².